The highest BCUT2D eigenvalue weighted by molar-refractivity contribution is 9.10. The molecule has 1 atom stereocenters. The Morgan fingerprint density at radius 3 is 2.86 bits per heavy atom. The van der Waals surface area contributed by atoms with Gasteiger partial charge in [-0.25, -0.2) is 4.98 Å². The number of imidazole rings is 1. The van der Waals surface area contributed by atoms with Gasteiger partial charge in [0.1, 0.15) is 5.82 Å². The first-order chi connectivity index (χ1) is 10.2. The molecule has 0 bridgehead atoms. The Labute approximate surface area is 135 Å². The van der Waals surface area contributed by atoms with E-state index in [-0.39, 0.29) is 6.04 Å². The molecule has 114 valence electrons. The van der Waals surface area contributed by atoms with Crippen LogP contribution in [0.15, 0.2) is 35.1 Å². The monoisotopic (exact) mass is 349 g/mol. The number of aromatic nitrogens is 2. The van der Waals surface area contributed by atoms with Crippen molar-refractivity contribution >= 4 is 15.9 Å². The van der Waals surface area contributed by atoms with E-state index in [0.29, 0.717) is 0 Å². The van der Waals surface area contributed by atoms with E-state index in [0.717, 1.165) is 31.8 Å². The maximum Gasteiger partial charge on any atom is 0.110 e. The molecule has 2 aromatic rings. The summed E-state index contributed by atoms with van der Waals surface area (Å²) in [4.78, 5) is 4.52. The van der Waals surface area contributed by atoms with Crippen LogP contribution in [-0.4, -0.2) is 16.1 Å². The minimum atomic E-state index is 0.284. The summed E-state index contributed by atoms with van der Waals surface area (Å²) >= 11 is 3.75. The lowest BCUT2D eigenvalue weighted by Gasteiger charge is -2.21. The number of nitrogens with zero attached hydrogens (tertiary/aromatic N) is 2. The Kier molecular flexibility index (Phi) is 6.00. The second-order valence-corrected chi connectivity index (χ2v) is 6.11. The topological polar surface area (TPSA) is 29.9 Å². The highest BCUT2D eigenvalue weighted by Crippen LogP contribution is 2.28. The Hall–Kier alpha value is -1.13. The van der Waals surface area contributed by atoms with Gasteiger partial charge in [-0.3, -0.25) is 0 Å². The Morgan fingerprint density at radius 1 is 1.33 bits per heavy atom. The minimum absolute atomic E-state index is 0.284. The van der Waals surface area contributed by atoms with Crippen molar-refractivity contribution in [3.05, 3.63) is 52.0 Å². The van der Waals surface area contributed by atoms with Gasteiger partial charge >= 0.3 is 0 Å². The largest absolute Gasteiger partial charge is 0.335 e. The lowest BCUT2D eigenvalue weighted by atomic mass is 10.0. The fourth-order valence-corrected chi connectivity index (χ4v) is 3.09. The number of hydrogen-bond donors (Lipinski definition) is 1. The van der Waals surface area contributed by atoms with Crippen molar-refractivity contribution in [1.29, 1.82) is 0 Å². The molecule has 0 saturated heterocycles. The maximum absolute atomic E-state index is 4.52. The van der Waals surface area contributed by atoms with Crippen LogP contribution in [0.3, 0.4) is 0 Å². The van der Waals surface area contributed by atoms with Crippen LogP contribution < -0.4 is 5.32 Å². The van der Waals surface area contributed by atoms with Gasteiger partial charge in [0, 0.05) is 35.9 Å². The third-order valence-corrected chi connectivity index (χ3v) is 4.85. The number of halogens is 1. The van der Waals surface area contributed by atoms with Gasteiger partial charge in [0.25, 0.3) is 0 Å². The number of rotatable bonds is 7. The number of aryl methyl sites for hydroxylation is 2. The molecule has 1 N–H and O–H groups in total. The van der Waals surface area contributed by atoms with Crippen LogP contribution in [0.1, 0.15) is 43.3 Å². The van der Waals surface area contributed by atoms with Crippen molar-refractivity contribution in [2.45, 2.75) is 46.2 Å². The average molecular weight is 350 g/mol. The van der Waals surface area contributed by atoms with Crippen LogP contribution in [0.4, 0.5) is 0 Å². The molecule has 1 aromatic carbocycles. The van der Waals surface area contributed by atoms with Crippen LogP contribution in [-0.2, 0) is 13.0 Å². The van der Waals surface area contributed by atoms with Crippen LogP contribution in [0.5, 0.6) is 0 Å². The predicted octanol–water partition coefficient (Wildman–Crippen LogP) is 4.26. The van der Waals surface area contributed by atoms with E-state index < -0.39 is 0 Å². The van der Waals surface area contributed by atoms with E-state index in [2.05, 4.69) is 76.0 Å². The molecule has 4 heteroatoms. The third kappa shape index (κ3) is 3.95. The van der Waals surface area contributed by atoms with E-state index in [9.17, 15) is 0 Å². The molecule has 1 heterocycles. The van der Waals surface area contributed by atoms with Gasteiger partial charge in [0.2, 0.25) is 0 Å². The fourth-order valence-electron chi connectivity index (χ4n) is 2.55. The zero-order chi connectivity index (χ0) is 15.2. The summed E-state index contributed by atoms with van der Waals surface area (Å²) in [5.41, 5.74) is 2.59. The van der Waals surface area contributed by atoms with E-state index >= 15 is 0 Å². The molecular formula is C17H24BrN3. The van der Waals surface area contributed by atoms with Crippen LogP contribution in [0.2, 0.25) is 0 Å². The van der Waals surface area contributed by atoms with Crippen molar-refractivity contribution in [3.8, 4) is 0 Å². The molecule has 0 fully saturated rings. The summed E-state index contributed by atoms with van der Waals surface area (Å²) < 4.78 is 3.41. The summed E-state index contributed by atoms with van der Waals surface area (Å²) in [6.07, 6.45) is 5.98. The number of benzene rings is 1. The van der Waals surface area contributed by atoms with Gasteiger partial charge < -0.3 is 9.88 Å². The third-order valence-electron chi connectivity index (χ3n) is 3.77. The second-order valence-electron chi connectivity index (χ2n) is 5.32. The Balaban J connectivity index is 2.28. The van der Waals surface area contributed by atoms with Gasteiger partial charge in [0.05, 0.1) is 0 Å². The maximum atomic E-state index is 4.52. The average Bonchev–Trinajstić information content (AvgIpc) is 2.93. The Morgan fingerprint density at radius 2 is 2.14 bits per heavy atom. The smallest absolute Gasteiger partial charge is 0.110 e. The van der Waals surface area contributed by atoms with Crippen molar-refractivity contribution in [2.75, 3.05) is 6.54 Å². The van der Waals surface area contributed by atoms with E-state index in [1.807, 2.05) is 6.20 Å². The SMILES string of the molecule is CCCNC(Cc1nccn1CC)c1cccc(C)c1Br. The highest BCUT2D eigenvalue weighted by atomic mass is 79.9. The van der Waals surface area contributed by atoms with E-state index in [4.69, 9.17) is 0 Å². The van der Waals surface area contributed by atoms with Gasteiger partial charge in [-0.1, -0.05) is 41.1 Å². The van der Waals surface area contributed by atoms with Crippen LogP contribution in [0, 0.1) is 6.92 Å². The molecule has 0 saturated carbocycles. The zero-order valence-corrected chi connectivity index (χ0v) is 14.7. The molecule has 2 rings (SSSR count). The Bertz CT molecular complexity index is 577. The minimum Gasteiger partial charge on any atom is -0.335 e. The summed E-state index contributed by atoms with van der Waals surface area (Å²) in [5.74, 6) is 1.14. The first kappa shape index (κ1) is 16.2. The fraction of sp³-hybridized carbons (Fsp3) is 0.471. The highest BCUT2D eigenvalue weighted by Gasteiger charge is 2.17. The van der Waals surface area contributed by atoms with E-state index in [1.54, 1.807) is 0 Å². The standard InChI is InChI=1S/C17H24BrN3/c1-4-9-19-15(12-16-20-10-11-21(16)5-2)14-8-6-7-13(3)17(14)18/h6-8,10-11,15,19H,4-5,9,12H2,1-3H3. The van der Waals surface area contributed by atoms with Gasteiger partial charge in [-0.15, -0.1) is 0 Å². The quantitative estimate of drug-likeness (QED) is 0.809. The lowest BCUT2D eigenvalue weighted by molar-refractivity contribution is 0.505. The molecule has 0 aliphatic rings. The molecular weight excluding hydrogens is 326 g/mol. The summed E-state index contributed by atoms with van der Waals surface area (Å²) in [5, 5.41) is 3.66. The lowest BCUT2D eigenvalue weighted by Crippen LogP contribution is -2.25. The van der Waals surface area contributed by atoms with Gasteiger partial charge in [-0.2, -0.15) is 0 Å². The predicted molar refractivity (Wildman–Crippen MR) is 91.5 cm³/mol. The summed E-state index contributed by atoms with van der Waals surface area (Å²) in [7, 11) is 0. The van der Waals surface area contributed by atoms with Crippen molar-refractivity contribution in [1.82, 2.24) is 14.9 Å². The molecule has 21 heavy (non-hydrogen) atoms. The van der Waals surface area contributed by atoms with Crippen LogP contribution >= 0.6 is 15.9 Å². The molecule has 1 aromatic heterocycles. The molecule has 0 amide bonds. The molecule has 0 spiro atoms. The van der Waals surface area contributed by atoms with Crippen molar-refractivity contribution in [3.63, 3.8) is 0 Å². The number of hydrogen-bond acceptors (Lipinski definition) is 2. The van der Waals surface area contributed by atoms with Crippen molar-refractivity contribution < 1.29 is 0 Å². The molecule has 1 unspecified atom stereocenters. The molecule has 0 aliphatic heterocycles. The first-order valence-corrected chi connectivity index (χ1v) is 8.45. The van der Waals surface area contributed by atoms with Gasteiger partial charge in [0.15, 0.2) is 0 Å². The zero-order valence-electron chi connectivity index (χ0n) is 13.1. The van der Waals surface area contributed by atoms with Crippen LogP contribution in [0.25, 0.3) is 0 Å². The number of nitrogens with one attached hydrogen (secondary N) is 1. The molecule has 0 radical (unpaired) electrons. The van der Waals surface area contributed by atoms with E-state index in [1.165, 1.54) is 15.6 Å². The summed E-state index contributed by atoms with van der Waals surface area (Å²) in [6.45, 7) is 8.46. The van der Waals surface area contributed by atoms with Crippen molar-refractivity contribution in [2.24, 2.45) is 0 Å². The molecule has 3 nitrogen and oxygen atoms in total. The second kappa shape index (κ2) is 7.76. The molecule has 0 aliphatic carbocycles. The van der Waals surface area contributed by atoms with Gasteiger partial charge in [-0.05, 0) is 37.9 Å². The first-order valence-electron chi connectivity index (χ1n) is 7.65. The summed E-state index contributed by atoms with van der Waals surface area (Å²) in [6, 6.07) is 6.75. The normalized spacial score (nSPS) is 12.6.